The van der Waals surface area contributed by atoms with Gasteiger partial charge in [-0.1, -0.05) is 158 Å². The molecule has 234 valence electrons. The second-order valence-corrected chi connectivity index (χ2v) is 14.3. The Morgan fingerprint density at radius 3 is 1.48 bits per heavy atom. The van der Waals surface area contributed by atoms with Gasteiger partial charge < -0.3 is 0 Å². The highest BCUT2D eigenvalue weighted by Crippen LogP contribution is 2.47. The van der Waals surface area contributed by atoms with E-state index in [0.29, 0.717) is 0 Å². The fourth-order valence-corrected chi connectivity index (χ4v) is 9.45. The van der Waals surface area contributed by atoms with Crippen molar-refractivity contribution >= 4 is 63.8 Å². The fraction of sp³-hybridized carbons (Fsp3) is 0.0204. The lowest BCUT2D eigenvalue weighted by molar-refractivity contribution is 1.54. The minimum Gasteiger partial charge on any atom is -0.135 e. The van der Waals surface area contributed by atoms with Crippen LogP contribution in [0.4, 0.5) is 0 Å². The van der Waals surface area contributed by atoms with E-state index >= 15 is 0 Å². The van der Waals surface area contributed by atoms with E-state index in [1.54, 1.807) is 0 Å². The third-order valence-electron chi connectivity index (χ3n) is 10.4. The number of fused-ring (bicyclic) bond motifs is 7. The minimum absolute atomic E-state index is 1.22. The van der Waals surface area contributed by atoms with Gasteiger partial charge in [-0.05, 0) is 108 Å². The highest BCUT2D eigenvalue weighted by atomic mass is 32.1. The minimum atomic E-state index is 1.22. The molecule has 0 amide bonds. The van der Waals surface area contributed by atoms with E-state index < -0.39 is 0 Å². The molecular weight excluding hydrogens is 621 g/mol. The van der Waals surface area contributed by atoms with E-state index in [9.17, 15) is 0 Å². The predicted octanol–water partition coefficient (Wildman–Crippen LogP) is 14.5. The molecule has 0 aliphatic carbocycles. The Bertz CT molecular complexity index is 2910. The monoisotopic (exact) mass is 652 g/mol. The number of aryl methyl sites for hydroxylation is 1. The molecule has 0 saturated heterocycles. The Labute approximate surface area is 295 Å². The van der Waals surface area contributed by atoms with Crippen molar-refractivity contribution in [3.8, 4) is 44.5 Å². The summed E-state index contributed by atoms with van der Waals surface area (Å²) in [5.41, 5.74) is 11.4. The molecule has 10 aromatic rings. The summed E-state index contributed by atoms with van der Waals surface area (Å²) in [5, 5.41) is 10.4. The van der Waals surface area contributed by atoms with Crippen molar-refractivity contribution in [3.05, 3.63) is 181 Å². The van der Waals surface area contributed by atoms with Crippen LogP contribution < -0.4 is 0 Å². The van der Waals surface area contributed by atoms with Crippen molar-refractivity contribution in [1.82, 2.24) is 0 Å². The molecule has 0 spiro atoms. The second-order valence-electron chi connectivity index (χ2n) is 13.2. The number of rotatable bonds is 4. The summed E-state index contributed by atoms with van der Waals surface area (Å²) in [6, 6.07) is 64.7. The van der Waals surface area contributed by atoms with Gasteiger partial charge in [0.15, 0.2) is 0 Å². The molecule has 0 bridgehead atoms. The Kier molecular flexibility index (Phi) is 6.69. The van der Waals surface area contributed by atoms with Gasteiger partial charge in [0, 0.05) is 20.2 Å². The van der Waals surface area contributed by atoms with E-state index in [-0.39, 0.29) is 0 Å². The lowest BCUT2D eigenvalue weighted by Crippen LogP contribution is -1.92. The molecule has 0 saturated carbocycles. The quantitative estimate of drug-likeness (QED) is 0.166. The summed E-state index contributed by atoms with van der Waals surface area (Å²) < 4.78 is 2.72. The standard InChI is InChI=1S/C49H32S/c1-31-45(37-21-8-11-24-40(37)48-42-25-12-13-26-44(42)50-49(31)48)36-20-14-19-34(29-36)35-27-28-41-43(30-35)47(33-17-6-3-7-18-33)39-23-10-9-22-38(39)46(41)32-15-4-2-5-16-32/h2-30H,1H3. The SMILES string of the molecule is Cc1c(-c2cccc(-c3ccc4c(-c5ccccc5)c5ccccc5c(-c5ccccc5)c4c3)c2)c2ccccc2c2c1sc1ccccc12. The Hall–Kier alpha value is -6.02. The van der Waals surface area contributed by atoms with Gasteiger partial charge >= 0.3 is 0 Å². The molecule has 0 unspecified atom stereocenters. The molecule has 0 fully saturated rings. The molecule has 50 heavy (non-hydrogen) atoms. The van der Waals surface area contributed by atoms with Crippen LogP contribution in [0.5, 0.6) is 0 Å². The van der Waals surface area contributed by atoms with Crippen molar-refractivity contribution in [2.24, 2.45) is 0 Å². The third kappa shape index (κ3) is 4.44. The summed E-state index contributed by atoms with van der Waals surface area (Å²) >= 11 is 1.91. The Balaban J connectivity index is 1.23. The van der Waals surface area contributed by atoms with Crippen LogP contribution >= 0.6 is 11.3 Å². The third-order valence-corrected chi connectivity index (χ3v) is 11.7. The Morgan fingerprint density at radius 1 is 0.320 bits per heavy atom. The van der Waals surface area contributed by atoms with Crippen LogP contribution in [-0.4, -0.2) is 0 Å². The number of benzene rings is 9. The predicted molar refractivity (Wildman–Crippen MR) is 218 cm³/mol. The summed E-state index contributed by atoms with van der Waals surface area (Å²) in [5.74, 6) is 0. The molecule has 9 aromatic carbocycles. The van der Waals surface area contributed by atoms with Crippen LogP contribution in [0.25, 0.3) is 97.0 Å². The van der Waals surface area contributed by atoms with Crippen molar-refractivity contribution in [1.29, 1.82) is 0 Å². The molecule has 1 aromatic heterocycles. The average Bonchev–Trinajstić information content (AvgIpc) is 3.58. The van der Waals surface area contributed by atoms with Crippen molar-refractivity contribution in [2.45, 2.75) is 6.92 Å². The second kappa shape index (κ2) is 11.6. The van der Waals surface area contributed by atoms with Crippen molar-refractivity contribution in [2.75, 3.05) is 0 Å². The van der Waals surface area contributed by atoms with Crippen LogP contribution in [0.1, 0.15) is 5.56 Å². The number of thiophene rings is 1. The van der Waals surface area contributed by atoms with Crippen LogP contribution in [0.2, 0.25) is 0 Å². The molecule has 0 atom stereocenters. The Morgan fingerprint density at radius 2 is 0.800 bits per heavy atom. The van der Waals surface area contributed by atoms with E-state index in [2.05, 4.69) is 183 Å². The van der Waals surface area contributed by atoms with Gasteiger partial charge in [0.25, 0.3) is 0 Å². The molecule has 1 heteroatoms. The maximum absolute atomic E-state index is 2.43. The van der Waals surface area contributed by atoms with Crippen molar-refractivity contribution in [3.63, 3.8) is 0 Å². The normalized spacial score (nSPS) is 11.7. The fourth-order valence-electron chi connectivity index (χ4n) is 8.23. The molecule has 0 radical (unpaired) electrons. The zero-order chi connectivity index (χ0) is 33.2. The van der Waals surface area contributed by atoms with E-state index in [0.717, 1.165) is 0 Å². The average molecular weight is 653 g/mol. The highest BCUT2D eigenvalue weighted by Gasteiger charge is 2.19. The first kappa shape index (κ1) is 28.9. The van der Waals surface area contributed by atoms with E-state index in [4.69, 9.17) is 0 Å². The van der Waals surface area contributed by atoms with Gasteiger partial charge in [0.2, 0.25) is 0 Å². The van der Waals surface area contributed by atoms with Gasteiger partial charge in [-0.25, -0.2) is 0 Å². The van der Waals surface area contributed by atoms with Crippen LogP contribution in [0.3, 0.4) is 0 Å². The summed E-state index contributed by atoms with van der Waals surface area (Å²) in [7, 11) is 0. The first-order chi connectivity index (χ1) is 24.7. The molecule has 0 N–H and O–H groups in total. The van der Waals surface area contributed by atoms with Gasteiger partial charge in [0.05, 0.1) is 0 Å². The van der Waals surface area contributed by atoms with Gasteiger partial charge in [-0.15, -0.1) is 11.3 Å². The molecule has 1 heterocycles. The summed E-state index contributed by atoms with van der Waals surface area (Å²) in [4.78, 5) is 0. The maximum atomic E-state index is 2.43. The van der Waals surface area contributed by atoms with Crippen LogP contribution in [0, 0.1) is 6.92 Å². The molecular formula is C49H32S. The van der Waals surface area contributed by atoms with E-state index in [1.807, 2.05) is 11.3 Å². The van der Waals surface area contributed by atoms with Gasteiger partial charge in [-0.3, -0.25) is 0 Å². The zero-order valence-corrected chi connectivity index (χ0v) is 28.5. The number of hydrogen-bond donors (Lipinski definition) is 0. The lowest BCUT2D eigenvalue weighted by Gasteiger charge is -2.19. The van der Waals surface area contributed by atoms with Gasteiger partial charge in [-0.2, -0.15) is 0 Å². The molecule has 0 nitrogen and oxygen atoms in total. The molecule has 0 aliphatic rings. The summed E-state index contributed by atoms with van der Waals surface area (Å²) in [6.45, 7) is 2.31. The first-order valence-electron chi connectivity index (χ1n) is 17.3. The smallest absolute Gasteiger partial charge is 0.0397 e. The molecule has 0 aliphatic heterocycles. The van der Waals surface area contributed by atoms with Gasteiger partial charge in [0.1, 0.15) is 0 Å². The van der Waals surface area contributed by atoms with E-state index in [1.165, 1.54) is 103 Å². The maximum Gasteiger partial charge on any atom is 0.0397 e. The largest absolute Gasteiger partial charge is 0.135 e. The first-order valence-corrected chi connectivity index (χ1v) is 18.1. The van der Waals surface area contributed by atoms with Crippen LogP contribution in [0.15, 0.2) is 176 Å². The molecule has 10 rings (SSSR count). The number of hydrogen-bond acceptors (Lipinski definition) is 1. The lowest BCUT2D eigenvalue weighted by atomic mass is 9.84. The highest BCUT2D eigenvalue weighted by molar-refractivity contribution is 7.26. The van der Waals surface area contributed by atoms with Crippen LogP contribution in [-0.2, 0) is 0 Å². The topological polar surface area (TPSA) is 0 Å². The zero-order valence-electron chi connectivity index (χ0n) is 27.7. The summed E-state index contributed by atoms with van der Waals surface area (Å²) in [6.07, 6.45) is 0. The van der Waals surface area contributed by atoms with Crippen molar-refractivity contribution < 1.29 is 0 Å².